The normalized spacial score (nSPS) is 17.6. The summed E-state index contributed by atoms with van der Waals surface area (Å²) in [6, 6.07) is 6.26. The Morgan fingerprint density at radius 2 is 2.06 bits per heavy atom. The molecule has 0 amide bonds. The molecular formula is C13H20N2O. The number of hydrogen-bond acceptors (Lipinski definition) is 3. The minimum absolute atomic E-state index is 0.864. The first kappa shape index (κ1) is 11.4. The van der Waals surface area contributed by atoms with Gasteiger partial charge in [0, 0.05) is 25.3 Å². The van der Waals surface area contributed by atoms with Crippen LogP contribution >= 0.6 is 0 Å². The van der Waals surface area contributed by atoms with E-state index in [1.807, 2.05) is 6.07 Å². The first-order valence-corrected chi connectivity index (χ1v) is 5.91. The van der Waals surface area contributed by atoms with Crippen LogP contribution in [0.2, 0.25) is 0 Å². The predicted molar refractivity (Wildman–Crippen MR) is 66.6 cm³/mol. The Labute approximate surface area is 97.2 Å². The lowest BCUT2D eigenvalue weighted by Crippen LogP contribution is -2.37. The summed E-state index contributed by atoms with van der Waals surface area (Å²) in [5, 5.41) is 0. The van der Waals surface area contributed by atoms with E-state index in [0.717, 1.165) is 45.0 Å². The molecule has 0 spiro atoms. The van der Waals surface area contributed by atoms with Gasteiger partial charge in [-0.2, -0.15) is 0 Å². The van der Waals surface area contributed by atoms with Gasteiger partial charge >= 0.3 is 0 Å². The van der Waals surface area contributed by atoms with Crippen LogP contribution in [0.5, 0.6) is 0 Å². The highest BCUT2D eigenvalue weighted by atomic mass is 16.5. The number of morpholine rings is 1. The van der Waals surface area contributed by atoms with Gasteiger partial charge in [-0.25, -0.2) is 0 Å². The highest BCUT2D eigenvalue weighted by Gasteiger charge is 2.10. The molecule has 3 nitrogen and oxygen atoms in total. The van der Waals surface area contributed by atoms with Gasteiger partial charge in [0.2, 0.25) is 0 Å². The fourth-order valence-corrected chi connectivity index (χ4v) is 2.05. The van der Waals surface area contributed by atoms with E-state index >= 15 is 0 Å². The molecule has 1 fully saturated rings. The van der Waals surface area contributed by atoms with Crippen molar-refractivity contribution in [3.63, 3.8) is 0 Å². The van der Waals surface area contributed by atoms with E-state index in [2.05, 4.69) is 24.0 Å². The summed E-state index contributed by atoms with van der Waals surface area (Å²) in [6.07, 6.45) is 1.04. The Kier molecular flexibility index (Phi) is 3.80. The topological polar surface area (TPSA) is 38.5 Å². The average molecular weight is 220 g/mol. The molecule has 2 rings (SSSR count). The molecule has 0 saturated carbocycles. The molecule has 1 aliphatic rings. The van der Waals surface area contributed by atoms with Crippen molar-refractivity contribution >= 4 is 5.69 Å². The van der Waals surface area contributed by atoms with Crippen LogP contribution in [0.3, 0.4) is 0 Å². The number of anilines is 1. The van der Waals surface area contributed by atoms with E-state index < -0.39 is 0 Å². The van der Waals surface area contributed by atoms with Crippen molar-refractivity contribution in [3.8, 4) is 0 Å². The molecule has 2 N–H and O–H groups in total. The molecule has 1 aromatic carbocycles. The average Bonchev–Trinajstić information content (AvgIpc) is 2.32. The molecule has 1 heterocycles. The number of nitrogens with two attached hydrogens (primary N) is 1. The molecule has 0 aliphatic carbocycles. The second-order valence-corrected chi connectivity index (χ2v) is 4.41. The van der Waals surface area contributed by atoms with Crippen molar-refractivity contribution in [2.75, 3.05) is 38.6 Å². The van der Waals surface area contributed by atoms with Gasteiger partial charge in [0.25, 0.3) is 0 Å². The van der Waals surface area contributed by atoms with Crippen LogP contribution in [0.4, 0.5) is 5.69 Å². The van der Waals surface area contributed by atoms with E-state index in [0.29, 0.717) is 0 Å². The summed E-state index contributed by atoms with van der Waals surface area (Å²) < 4.78 is 5.33. The number of ether oxygens (including phenoxy) is 1. The third kappa shape index (κ3) is 2.97. The molecule has 0 unspecified atom stereocenters. The molecule has 0 atom stereocenters. The van der Waals surface area contributed by atoms with Gasteiger partial charge in [0.05, 0.1) is 13.2 Å². The Hall–Kier alpha value is -1.06. The summed E-state index contributed by atoms with van der Waals surface area (Å²) in [5.74, 6) is 0. The van der Waals surface area contributed by atoms with Crippen molar-refractivity contribution in [1.82, 2.24) is 4.90 Å². The van der Waals surface area contributed by atoms with Gasteiger partial charge in [-0.05, 0) is 25.0 Å². The molecular weight excluding hydrogens is 200 g/mol. The molecule has 1 aromatic rings. The lowest BCUT2D eigenvalue weighted by Gasteiger charge is -2.26. The zero-order chi connectivity index (χ0) is 11.4. The van der Waals surface area contributed by atoms with Crippen molar-refractivity contribution in [2.45, 2.75) is 13.3 Å². The van der Waals surface area contributed by atoms with E-state index in [4.69, 9.17) is 10.5 Å². The van der Waals surface area contributed by atoms with Crippen LogP contribution in [-0.2, 0) is 11.2 Å². The number of benzene rings is 1. The lowest BCUT2D eigenvalue weighted by atomic mass is 10.1. The van der Waals surface area contributed by atoms with Gasteiger partial charge in [0.1, 0.15) is 0 Å². The highest BCUT2D eigenvalue weighted by Crippen LogP contribution is 2.15. The summed E-state index contributed by atoms with van der Waals surface area (Å²) >= 11 is 0. The number of nitrogen functional groups attached to an aromatic ring is 1. The van der Waals surface area contributed by atoms with Crippen LogP contribution in [0, 0.1) is 6.92 Å². The molecule has 3 heteroatoms. The standard InChI is InChI=1S/C13H20N2O/c1-11-2-3-13(14)12(10-11)4-5-15-6-8-16-9-7-15/h2-3,10H,4-9,14H2,1H3. The molecule has 0 aromatic heterocycles. The Morgan fingerprint density at radius 1 is 1.31 bits per heavy atom. The number of nitrogens with zero attached hydrogens (tertiary/aromatic N) is 1. The second kappa shape index (κ2) is 5.32. The minimum Gasteiger partial charge on any atom is -0.399 e. The largest absolute Gasteiger partial charge is 0.399 e. The van der Waals surface area contributed by atoms with Crippen molar-refractivity contribution in [2.24, 2.45) is 0 Å². The molecule has 0 radical (unpaired) electrons. The van der Waals surface area contributed by atoms with Crippen molar-refractivity contribution in [3.05, 3.63) is 29.3 Å². The summed E-state index contributed by atoms with van der Waals surface area (Å²) in [6.45, 7) is 7.01. The van der Waals surface area contributed by atoms with Crippen LogP contribution in [0.15, 0.2) is 18.2 Å². The highest BCUT2D eigenvalue weighted by molar-refractivity contribution is 5.48. The van der Waals surface area contributed by atoms with Gasteiger partial charge < -0.3 is 10.5 Å². The summed E-state index contributed by atoms with van der Waals surface area (Å²) in [7, 11) is 0. The Bertz CT molecular complexity index is 346. The fourth-order valence-electron chi connectivity index (χ4n) is 2.05. The van der Waals surface area contributed by atoms with Crippen LogP contribution in [-0.4, -0.2) is 37.7 Å². The van der Waals surface area contributed by atoms with Crippen LogP contribution in [0.25, 0.3) is 0 Å². The zero-order valence-electron chi connectivity index (χ0n) is 9.91. The van der Waals surface area contributed by atoms with Crippen LogP contribution < -0.4 is 5.73 Å². The van der Waals surface area contributed by atoms with E-state index in [9.17, 15) is 0 Å². The maximum atomic E-state index is 5.96. The number of rotatable bonds is 3. The SMILES string of the molecule is Cc1ccc(N)c(CCN2CCOCC2)c1. The smallest absolute Gasteiger partial charge is 0.0594 e. The predicted octanol–water partition coefficient (Wildman–Crippen LogP) is 1.45. The lowest BCUT2D eigenvalue weighted by molar-refractivity contribution is 0.0384. The minimum atomic E-state index is 0.864. The Morgan fingerprint density at radius 3 is 2.81 bits per heavy atom. The number of hydrogen-bond donors (Lipinski definition) is 1. The van der Waals surface area contributed by atoms with Gasteiger partial charge in [-0.15, -0.1) is 0 Å². The number of aryl methyl sites for hydroxylation is 1. The maximum absolute atomic E-state index is 5.96. The Balaban J connectivity index is 1.90. The monoisotopic (exact) mass is 220 g/mol. The third-order valence-corrected chi connectivity index (χ3v) is 3.10. The van der Waals surface area contributed by atoms with E-state index in [1.54, 1.807) is 0 Å². The first-order chi connectivity index (χ1) is 7.75. The third-order valence-electron chi connectivity index (χ3n) is 3.10. The molecule has 0 bridgehead atoms. The zero-order valence-corrected chi connectivity index (χ0v) is 9.91. The van der Waals surface area contributed by atoms with Crippen LogP contribution in [0.1, 0.15) is 11.1 Å². The molecule has 16 heavy (non-hydrogen) atoms. The quantitative estimate of drug-likeness (QED) is 0.784. The summed E-state index contributed by atoms with van der Waals surface area (Å²) in [5.41, 5.74) is 9.43. The molecule has 1 aliphatic heterocycles. The molecule has 1 saturated heterocycles. The first-order valence-electron chi connectivity index (χ1n) is 5.91. The maximum Gasteiger partial charge on any atom is 0.0594 e. The van der Waals surface area contributed by atoms with E-state index in [1.165, 1.54) is 11.1 Å². The van der Waals surface area contributed by atoms with Crippen molar-refractivity contribution < 1.29 is 4.74 Å². The second-order valence-electron chi connectivity index (χ2n) is 4.41. The fraction of sp³-hybridized carbons (Fsp3) is 0.538. The van der Waals surface area contributed by atoms with Crippen molar-refractivity contribution in [1.29, 1.82) is 0 Å². The van der Waals surface area contributed by atoms with Gasteiger partial charge in [0.15, 0.2) is 0 Å². The summed E-state index contributed by atoms with van der Waals surface area (Å²) in [4.78, 5) is 2.44. The van der Waals surface area contributed by atoms with Gasteiger partial charge in [-0.3, -0.25) is 4.90 Å². The van der Waals surface area contributed by atoms with Gasteiger partial charge in [-0.1, -0.05) is 17.7 Å². The molecule has 88 valence electrons. The van der Waals surface area contributed by atoms with E-state index in [-0.39, 0.29) is 0 Å².